The maximum absolute atomic E-state index is 11.1. The predicted molar refractivity (Wildman–Crippen MR) is 50.4 cm³/mol. The molecular weight excluding hydrogens is 188 g/mol. The van der Waals surface area contributed by atoms with E-state index in [-0.39, 0.29) is 18.2 Å². The van der Waals surface area contributed by atoms with E-state index in [0.717, 1.165) is 0 Å². The number of esters is 1. The van der Waals surface area contributed by atoms with Crippen molar-refractivity contribution in [2.24, 2.45) is 5.16 Å². The van der Waals surface area contributed by atoms with E-state index in [2.05, 4.69) is 14.7 Å². The summed E-state index contributed by atoms with van der Waals surface area (Å²) in [4.78, 5) is 15.7. The van der Waals surface area contributed by atoms with E-state index in [1.165, 1.54) is 7.11 Å². The molecular formula is C8H14N2O4. The third-order valence-electron chi connectivity index (χ3n) is 1.17. The summed E-state index contributed by atoms with van der Waals surface area (Å²) in [5.41, 5.74) is -0.267. The summed E-state index contributed by atoms with van der Waals surface area (Å²) in [6, 6.07) is 0. The lowest BCUT2D eigenvalue weighted by molar-refractivity contribution is -0.132. The first-order chi connectivity index (χ1) is 6.67. The molecule has 0 amide bonds. The lowest BCUT2D eigenvalue weighted by Gasteiger charge is -2.05. The van der Waals surface area contributed by atoms with E-state index in [1.807, 2.05) is 0 Å². The molecule has 0 radical (unpaired) electrons. The van der Waals surface area contributed by atoms with Gasteiger partial charge in [-0.3, -0.25) is 5.41 Å². The molecule has 0 saturated heterocycles. The van der Waals surface area contributed by atoms with Crippen LogP contribution in [0.25, 0.3) is 0 Å². The highest BCUT2D eigenvalue weighted by Gasteiger charge is 2.20. The number of carbonyl (C=O) groups excluding carboxylic acids is 1. The van der Waals surface area contributed by atoms with Crippen LogP contribution >= 0.6 is 0 Å². The van der Waals surface area contributed by atoms with Crippen molar-refractivity contribution < 1.29 is 19.1 Å². The number of rotatable bonds is 5. The van der Waals surface area contributed by atoms with Crippen molar-refractivity contribution in [2.75, 3.05) is 20.3 Å². The Kier molecular flexibility index (Phi) is 6.09. The molecule has 0 aromatic rings. The van der Waals surface area contributed by atoms with Crippen molar-refractivity contribution >= 4 is 17.6 Å². The average molecular weight is 202 g/mol. The van der Waals surface area contributed by atoms with Crippen LogP contribution in [-0.4, -0.2) is 37.9 Å². The third-order valence-corrected chi connectivity index (χ3v) is 1.17. The SMILES string of the molecule is CCO/N=C(\C(=N)OCC)C(=O)OC. The van der Waals surface area contributed by atoms with Crippen molar-refractivity contribution in [1.82, 2.24) is 0 Å². The van der Waals surface area contributed by atoms with E-state index in [0.29, 0.717) is 6.61 Å². The molecule has 0 spiro atoms. The molecule has 0 aromatic carbocycles. The molecule has 0 heterocycles. The molecule has 1 N–H and O–H groups in total. The number of methoxy groups -OCH3 is 1. The summed E-state index contributed by atoms with van der Waals surface area (Å²) in [5, 5.41) is 10.7. The Hall–Kier alpha value is -1.59. The van der Waals surface area contributed by atoms with Gasteiger partial charge in [-0.2, -0.15) is 0 Å². The maximum atomic E-state index is 11.1. The number of nitrogens with zero attached hydrogens (tertiary/aromatic N) is 1. The van der Waals surface area contributed by atoms with Gasteiger partial charge in [0.05, 0.1) is 13.7 Å². The fraction of sp³-hybridized carbons (Fsp3) is 0.625. The molecule has 0 aliphatic carbocycles. The van der Waals surface area contributed by atoms with Gasteiger partial charge >= 0.3 is 5.97 Å². The van der Waals surface area contributed by atoms with Crippen LogP contribution in [-0.2, 0) is 19.1 Å². The lowest BCUT2D eigenvalue weighted by atomic mass is 10.4. The van der Waals surface area contributed by atoms with Gasteiger partial charge in [0.1, 0.15) is 6.61 Å². The van der Waals surface area contributed by atoms with Crippen LogP contribution < -0.4 is 0 Å². The average Bonchev–Trinajstić information content (AvgIpc) is 2.18. The largest absolute Gasteiger partial charge is 0.477 e. The van der Waals surface area contributed by atoms with Crippen molar-refractivity contribution in [1.29, 1.82) is 5.41 Å². The molecule has 0 aliphatic heterocycles. The fourth-order valence-electron chi connectivity index (χ4n) is 0.610. The Labute approximate surface area is 82.3 Å². The Morgan fingerprint density at radius 1 is 1.36 bits per heavy atom. The Morgan fingerprint density at radius 2 is 2.00 bits per heavy atom. The van der Waals surface area contributed by atoms with Gasteiger partial charge < -0.3 is 14.3 Å². The predicted octanol–water partition coefficient (Wildman–Crippen LogP) is 0.566. The second-order valence-corrected chi connectivity index (χ2v) is 2.11. The number of carbonyl (C=O) groups is 1. The Bertz CT molecular complexity index is 237. The molecule has 0 bridgehead atoms. The molecule has 0 aromatic heterocycles. The number of oxime groups is 1. The van der Waals surface area contributed by atoms with Crippen LogP contribution in [0.4, 0.5) is 0 Å². The first-order valence-corrected chi connectivity index (χ1v) is 4.17. The van der Waals surface area contributed by atoms with Gasteiger partial charge in [0.15, 0.2) is 0 Å². The van der Waals surface area contributed by atoms with Crippen LogP contribution in [0, 0.1) is 5.41 Å². The molecule has 0 atom stereocenters. The molecule has 0 saturated carbocycles. The molecule has 6 nitrogen and oxygen atoms in total. The van der Waals surface area contributed by atoms with Gasteiger partial charge in [-0.05, 0) is 13.8 Å². The Morgan fingerprint density at radius 3 is 2.43 bits per heavy atom. The van der Waals surface area contributed by atoms with Crippen LogP contribution in [0.2, 0.25) is 0 Å². The number of hydrogen-bond donors (Lipinski definition) is 1. The maximum Gasteiger partial charge on any atom is 0.365 e. The zero-order valence-corrected chi connectivity index (χ0v) is 8.49. The minimum atomic E-state index is -0.753. The van der Waals surface area contributed by atoms with E-state index >= 15 is 0 Å². The molecule has 0 fully saturated rings. The molecule has 14 heavy (non-hydrogen) atoms. The Balaban J connectivity index is 4.54. The van der Waals surface area contributed by atoms with Crippen molar-refractivity contribution in [3.63, 3.8) is 0 Å². The normalized spacial score (nSPS) is 10.6. The lowest BCUT2D eigenvalue weighted by Crippen LogP contribution is -2.27. The summed E-state index contributed by atoms with van der Waals surface area (Å²) >= 11 is 0. The number of hydrogen-bond acceptors (Lipinski definition) is 6. The van der Waals surface area contributed by atoms with E-state index < -0.39 is 5.97 Å². The number of nitrogens with one attached hydrogen (secondary N) is 1. The highest BCUT2D eigenvalue weighted by molar-refractivity contribution is 6.63. The van der Waals surface area contributed by atoms with Crippen molar-refractivity contribution in [2.45, 2.75) is 13.8 Å². The second-order valence-electron chi connectivity index (χ2n) is 2.11. The van der Waals surface area contributed by atoms with Gasteiger partial charge in [-0.25, -0.2) is 4.79 Å². The minimum absolute atomic E-state index is 0.267. The van der Waals surface area contributed by atoms with E-state index in [9.17, 15) is 4.79 Å². The van der Waals surface area contributed by atoms with Crippen molar-refractivity contribution in [3.8, 4) is 0 Å². The van der Waals surface area contributed by atoms with Crippen LogP contribution in [0.1, 0.15) is 13.8 Å². The zero-order valence-electron chi connectivity index (χ0n) is 8.49. The van der Waals surface area contributed by atoms with Crippen LogP contribution in [0.15, 0.2) is 5.16 Å². The number of ether oxygens (including phenoxy) is 2. The molecule has 6 heteroatoms. The first-order valence-electron chi connectivity index (χ1n) is 4.17. The molecule has 0 aliphatic rings. The highest BCUT2D eigenvalue weighted by Crippen LogP contribution is 1.91. The summed E-state index contributed by atoms with van der Waals surface area (Å²) in [7, 11) is 1.20. The monoisotopic (exact) mass is 202 g/mol. The third kappa shape index (κ3) is 3.88. The summed E-state index contributed by atoms with van der Waals surface area (Å²) in [5.74, 6) is -1.11. The van der Waals surface area contributed by atoms with Gasteiger partial charge in [-0.1, -0.05) is 5.16 Å². The molecule has 80 valence electrons. The smallest absolute Gasteiger partial charge is 0.365 e. The highest BCUT2D eigenvalue weighted by atomic mass is 16.6. The van der Waals surface area contributed by atoms with Crippen LogP contribution in [0.3, 0.4) is 0 Å². The fourth-order valence-corrected chi connectivity index (χ4v) is 0.610. The second kappa shape index (κ2) is 6.88. The van der Waals surface area contributed by atoms with Crippen LogP contribution in [0.5, 0.6) is 0 Å². The first kappa shape index (κ1) is 12.4. The quantitative estimate of drug-likeness (QED) is 0.306. The summed E-state index contributed by atoms with van der Waals surface area (Å²) in [6.07, 6.45) is 0. The molecule has 0 rings (SSSR count). The summed E-state index contributed by atoms with van der Waals surface area (Å²) < 4.78 is 9.20. The topological polar surface area (TPSA) is 81.0 Å². The van der Waals surface area contributed by atoms with Gasteiger partial charge in [0.25, 0.3) is 0 Å². The standard InChI is InChI=1S/C8H14N2O4/c1-4-13-7(9)6(8(11)12-3)10-14-5-2/h9H,4-5H2,1-3H3/b9-7?,10-6+. The minimum Gasteiger partial charge on any atom is -0.477 e. The molecule has 0 unspecified atom stereocenters. The van der Waals surface area contributed by atoms with E-state index in [1.54, 1.807) is 13.8 Å². The summed E-state index contributed by atoms with van der Waals surface area (Å²) in [6.45, 7) is 3.99. The van der Waals surface area contributed by atoms with Crippen molar-refractivity contribution in [3.05, 3.63) is 0 Å². The van der Waals surface area contributed by atoms with E-state index in [4.69, 9.17) is 10.1 Å². The zero-order chi connectivity index (χ0) is 11.0. The van der Waals surface area contributed by atoms with Gasteiger partial charge in [-0.15, -0.1) is 0 Å². The van der Waals surface area contributed by atoms with Gasteiger partial charge in [0, 0.05) is 0 Å². The van der Waals surface area contributed by atoms with Gasteiger partial charge in [0.2, 0.25) is 11.6 Å².